The molecule has 0 saturated heterocycles. The summed E-state index contributed by atoms with van der Waals surface area (Å²) >= 11 is 3.29. The molecular weight excluding hydrogens is 296 g/mol. The van der Waals surface area contributed by atoms with E-state index < -0.39 is 0 Å². The molecule has 0 atom stereocenters. The molecule has 0 N–H and O–H groups in total. The van der Waals surface area contributed by atoms with Crippen molar-refractivity contribution in [1.82, 2.24) is 4.57 Å². The van der Waals surface area contributed by atoms with Crippen LogP contribution < -0.4 is 0 Å². The Hall–Kier alpha value is -2.05. The van der Waals surface area contributed by atoms with Gasteiger partial charge in [0.1, 0.15) is 27.9 Å². The van der Waals surface area contributed by atoms with Gasteiger partial charge < -0.3 is 9.30 Å². The third kappa shape index (κ3) is 2.61. The molecule has 0 bridgehead atoms. The second-order valence-electron chi connectivity index (χ2n) is 3.18. The molecule has 0 unspecified atom stereocenters. The fraction of sp³-hybridized carbons (Fsp3) is 0.250. The van der Waals surface area contributed by atoms with E-state index in [1.807, 2.05) is 19.1 Å². The van der Waals surface area contributed by atoms with E-state index >= 15 is 0 Å². The van der Waals surface area contributed by atoms with Crippen molar-refractivity contribution in [3.05, 3.63) is 28.4 Å². The van der Waals surface area contributed by atoms with Crippen molar-refractivity contribution in [2.75, 3.05) is 6.61 Å². The third-order valence-corrected chi connectivity index (χ3v) is 2.95. The van der Waals surface area contributed by atoms with Crippen LogP contribution in [0, 0.1) is 22.7 Å². The van der Waals surface area contributed by atoms with E-state index in [0.717, 1.165) is 0 Å². The van der Waals surface area contributed by atoms with Crippen molar-refractivity contribution < 1.29 is 4.74 Å². The molecule has 0 spiro atoms. The van der Waals surface area contributed by atoms with E-state index in [9.17, 15) is 0 Å². The summed E-state index contributed by atoms with van der Waals surface area (Å²) in [5.74, 6) is 0.384. The van der Waals surface area contributed by atoms with E-state index in [1.165, 1.54) is 6.40 Å². The van der Waals surface area contributed by atoms with Crippen LogP contribution in [0.4, 0.5) is 5.82 Å². The zero-order valence-electron chi connectivity index (χ0n) is 9.85. The standard InChI is InChI=1S/C12H11BrN4O/c1-3-5-17-11(13)9(6-14)10(7-15)12(17)16-8-18-4-2/h3,8H,1,4-5H2,2H3/b16-8+. The smallest absolute Gasteiger partial charge is 0.176 e. The average molecular weight is 307 g/mol. The van der Waals surface area contributed by atoms with E-state index in [2.05, 4.69) is 27.5 Å². The molecule has 6 heteroatoms. The fourth-order valence-electron chi connectivity index (χ4n) is 1.38. The molecule has 1 heterocycles. The molecule has 1 aromatic heterocycles. The first-order valence-corrected chi connectivity index (χ1v) is 5.97. The Morgan fingerprint density at radius 3 is 2.61 bits per heavy atom. The topological polar surface area (TPSA) is 74.1 Å². The van der Waals surface area contributed by atoms with E-state index in [0.29, 0.717) is 23.6 Å². The summed E-state index contributed by atoms with van der Waals surface area (Å²) in [7, 11) is 0. The molecule has 5 nitrogen and oxygen atoms in total. The SMILES string of the molecule is C=CCn1c(Br)c(C#N)c(C#N)c1/N=C/OCC. The Kier molecular flexibility index (Phi) is 5.16. The van der Waals surface area contributed by atoms with Crippen LogP contribution in [0.25, 0.3) is 0 Å². The summed E-state index contributed by atoms with van der Waals surface area (Å²) in [4.78, 5) is 4.08. The molecule has 92 valence electrons. The van der Waals surface area contributed by atoms with Gasteiger partial charge in [-0.1, -0.05) is 6.08 Å². The Bertz CT molecular complexity index is 560. The van der Waals surface area contributed by atoms with Gasteiger partial charge in [-0.3, -0.25) is 0 Å². The Morgan fingerprint density at radius 2 is 2.11 bits per heavy atom. The van der Waals surface area contributed by atoms with Crippen molar-refractivity contribution in [3.8, 4) is 12.1 Å². The zero-order valence-corrected chi connectivity index (χ0v) is 11.4. The van der Waals surface area contributed by atoms with Crippen molar-refractivity contribution in [2.24, 2.45) is 4.99 Å². The molecule has 0 aliphatic rings. The maximum Gasteiger partial charge on any atom is 0.176 e. The van der Waals surface area contributed by atoms with Crippen molar-refractivity contribution in [3.63, 3.8) is 0 Å². The van der Waals surface area contributed by atoms with Gasteiger partial charge in [-0.05, 0) is 22.9 Å². The highest BCUT2D eigenvalue weighted by Gasteiger charge is 2.20. The van der Waals surface area contributed by atoms with Crippen molar-refractivity contribution in [2.45, 2.75) is 13.5 Å². The lowest BCUT2D eigenvalue weighted by molar-refractivity contribution is 0.343. The van der Waals surface area contributed by atoms with E-state index in [-0.39, 0.29) is 11.1 Å². The molecule has 1 rings (SSSR count). The van der Waals surface area contributed by atoms with Crippen molar-refractivity contribution >= 4 is 28.1 Å². The van der Waals surface area contributed by atoms with Gasteiger partial charge in [0, 0.05) is 6.54 Å². The number of ether oxygens (including phenoxy) is 1. The highest BCUT2D eigenvalue weighted by molar-refractivity contribution is 9.10. The minimum absolute atomic E-state index is 0.224. The average Bonchev–Trinajstić information content (AvgIpc) is 2.63. The summed E-state index contributed by atoms with van der Waals surface area (Å²) in [5.41, 5.74) is 0.491. The van der Waals surface area contributed by atoms with Crippen LogP contribution in [0.15, 0.2) is 22.3 Å². The van der Waals surface area contributed by atoms with Crippen LogP contribution in [-0.2, 0) is 11.3 Å². The van der Waals surface area contributed by atoms with Gasteiger partial charge in [-0.25, -0.2) is 4.99 Å². The summed E-state index contributed by atoms with van der Waals surface area (Å²) in [6.07, 6.45) is 2.93. The number of halogens is 1. The molecule has 0 aliphatic heterocycles. The van der Waals surface area contributed by atoms with Gasteiger partial charge in [0.2, 0.25) is 0 Å². The number of allylic oxidation sites excluding steroid dienone is 1. The molecule has 0 aliphatic carbocycles. The number of rotatable bonds is 5. The largest absolute Gasteiger partial charge is 0.483 e. The second-order valence-corrected chi connectivity index (χ2v) is 3.93. The van der Waals surface area contributed by atoms with Gasteiger partial charge in [0.05, 0.1) is 6.61 Å². The quantitative estimate of drug-likeness (QED) is 0.477. The van der Waals surface area contributed by atoms with Crippen LogP contribution in [-0.4, -0.2) is 17.6 Å². The van der Waals surface area contributed by atoms with Gasteiger partial charge in [0.15, 0.2) is 12.2 Å². The third-order valence-electron chi connectivity index (χ3n) is 2.12. The van der Waals surface area contributed by atoms with Crippen molar-refractivity contribution in [1.29, 1.82) is 10.5 Å². The summed E-state index contributed by atoms with van der Waals surface area (Å²) in [6.45, 7) is 6.39. The lowest BCUT2D eigenvalue weighted by Gasteiger charge is -2.03. The normalized spacial score (nSPS) is 10.0. The Balaban J connectivity index is 3.41. The predicted octanol–water partition coefficient (Wildman–Crippen LogP) is 2.88. The Morgan fingerprint density at radius 1 is 1.44 bits per heavy atom. The number of aromatic nitrogens is 1. The molecule has 0 amide bonds. The molecule has 18 heavy (non-hydrogen) atoms. The van der Waals surface area contributed by atoms with Crippen LogP contribution in [0.2, 0.25) is 0 Å². The minimum Gasteiger partial charge on any atom is -0.483 e. The maximum atomic E-state index is 9.12. The molecular formula is C12H11BrN4O. The van der Waals surface area contributed by atoms with Gasteiger partial charge in [-0.2, -0.15) is 10.5 Å². The molecule has 0 radical (unpaired) electrons. The molecule has 0 fully saturated rings. The zero-order chi connectivity index (χ0) is 13.5. The van der Waals surface area contributed by atoms with E-state index in [1.54, 1.807) is 10.6 Å². The van der Waals surface area contributed by atoms with Gasteiger partial charge >= 0.3 is 0 Å². The number of aliphatic imine (C=N–C) groups is 1. The predicted molar refractivity (Wildman–Crippen MR) is 71.5 cm³/mol. The lowest BCUT2D eigenvalue weighted by atomic mass is 10.2. The first-order valence-electron chi connectivity index (χ1n) is 5.18. The second kappa shape index (κ2) is 6.63. The van der Waals surface area contributed by atoms with Crippen LogP contribution in [0.3, 0.4) is 0 Å². The van der Waals surface area contributed by atoms with Crippen LogP contribution in [0.5, 0.6) is 0 Å². The number of nitriles is 2. The molecule has 0 aromatic carbocycles. The fourth-order valence-corrected chi connectivity index (χ4v) is 1.98. The van der Waals surface area contributed by atoms with E-state index in [4.69, 9.17) is 15.3 Å². The van der Waals surface area contributed by atoms with Crippen LogP contribution >= 0.6 is 15.9 Å². The Labute approximate surface area is 114 Å². The molecule has 1 aromatic rings. The highest BCUT2D eigenvalue weighted by Crippen LogP contribution is 2.32. The first-order chi connectivity index (χ1) is 8.71. The lowest BCUT2D eigenvalue weighted by Crippen LogP contribution is -1.95. The summed E-state index contributed by atoms with van der Waals surface area (Å²) < 4.78 is 7.21. The molecule has 0 saturated carbocycles. The number of nitrogens with zero attached hydrogens (tertiary/aromatic N) is 4. The first kappa shape index (κ1) is 14.0. The monoisotopic (exact) mass is 306 g/mol. The van der Waals surface area contributed by atoms with Crippen LogP contribution in [0.1, 0.15) is 18.1 Å². The van der Waals surface area contributed by atoms with Gasteiger partial charge in [-0.15, -0.1) is 6.58 Å². The number of hydrogen-bond donors (Lipinski definition) is 0. The van der Waals surface area contributed by atoms with Gasteiger partial charge in [0.25, 0.3) is 0 Å². The minimum atomic E-state index is 0.224. The number of hydrogen-bond acceptors (Lipinski definition) is 4. The maximum absolute atomic E-state index is 9.12. The highest BCUT2D eigenvalue weighted by atomic mass is 79.9. The summed E-state index contributed by atoms with van der Waals surface area (Å²) in [6, 6.07) is 3.97. The summed E-state index contributed by atoms with van der Waals surface area (Å²) in [5, 5.41) is 18.2.